The average Bonchev–Trinajstić information content (AvgIpc) is 2.62. The van der Waals surface area contributed by atoms with Crippen LogP contribution >= 0.6 is 11.6 Å². The van der Waals surface area contributed by atoms with Crippen molar-refractivity contribution < 1.29 is 14.5 Å². The molecule has 0 aliphatic heterocycles. The second-order valence-electron chi connectivity index (χ2n) is 5.20. The lowest BCUT2D eigenvalue weighted by Crippen LogP contribution is -2.20. The molecule has 0 aliphatic carbocycles. The first kappa shape index (κ1) is 19.1. The van der Waals surface area contributed by atoms with E-state index in [1.54, 1.807) is 24.3 Å². The first-order chi connectivity index (χ1) is 12.4. The Bertz CT molecular complexity index is 820. The highest BCUT2D eigenvalue weighted by atomic mass is 35.5. The Morgan fingerprint density at radius 1 is 1.04 bits per heavy atom. The zero-order valence-corrected chi connectivity index (χ0v) is 14.3. The predicted molar refractivity (Wildman–Crippen MR) is 98.1 cm³/mol. The fourth-order valence-corrected chi connectivity index (χ4v) is 2.03. The zero-order valence-electron chi connectivity index (χ0n) is 13.5. The fourth-order valence-electron chi connectivity index (χ4n) is 1.90. The number of carbonyl (C=O) groups excluding carboxylic acids is 2. The Balaban J connectivity index is 1.73. The van der Waals surface area contributed by atoms with Crippen molar-refractivity contribution in [2.75, 3.05) is 5.32 Å². The van der Waals surface area contributed by atoms with Crippen molar-refractivity contribution in [1.29, 1.82) is 0 Å². The van der Waals surface area contributed by atoms with E-state index in [-0.39, 0.29) is 24.4 Å². The molecule has 2 aromatic carbocycles. The van der Waals surface area contributed by atoms with E-state index in [1.165, 1.54) is 30.5 Å². The summed E-state index contributed by atoms with van der Waals surface area (Å²) in [6, 6.07) is 12.3. The van der Waals surface area contributed by atoms with Crippen LogP contribution in [0.1, 0.15) is 18.4 Å². The maximum Gasteiger partial charge on any atom is 0.269 e. The number of non-ortho nitro benzene ring substituents is 1. The Morgan fingerprint density at radius 3 is 2.27 bits per heavy atom. The van der Waals surface area contributed by atoms with Gasteiger partial charge in [-0.25, -0.2) is 5.43 Å². The Morgan fingerprint density at radius 2 is 1.65 bits per heavy atom. The second kappa shape index (κ2) is 9.28. The SMILES string of the molecule is O=C(CCC(=O)Nc1ccc(Cl)cc1)N/N=C/c1ccc([N+](=O)[O-])cc1. The van der Waals surface area contributed by atoms with E-state index < -0.39 is 10.8 Å². The summed E-state index contributed by atoms with van der Waals surface area (Å²) in [6.45, 7) is 0. The number of nitro benzene ring substituents is 1. The van der Waals surface area contributed by atoms with Gasteiger partial charge < -0.3 is 5.32 Å². The quantitative estimate of drug-likeness (QED) is 0.440. The molecule has 0 saturated carbocycles. The number of hydrogen-bond acceptors (Lipinski definition) is 5. The number of anilines is 1. The van der Waals surface area contributed by atoms with Crippen LogP contribution in [0.3, 0.4) is 0 Å². The summed E-state index contributed by atoms with van der Waals surface area (Å²) in [4.78, 5) is 33.5. The molecule has 2 amide bonds. The van der Waals surface area contributed by atoms with Gasteiger partial charge in [0, 0.05) is 35.7 Å². The van der Waals surface area contributed by atoms with Gasteiger partial charge in [-0.05, 0) is 42.0 Å². The van der Waals surface area contributed by atoms with Crippen molar-refractivity contribution in [2.45, 2.75) is 12.8 Å². The maximum atomic E-state index is 11.8. The lowest BCUT2D eigenvalue weighted by atomic mass is 10.2. The predicted octanol–water partition coefficient (Wildman–Crippen LogP) is 3.12. The number of benzene rings is 2. The summed E-state index contributed by atoms with van der Waals surface area (Å²) in [5.74, 6) is -0.726. The van der Waals surface area contributed by atoms with Crippen LogP contribution in [0.4, 0.5) is 11.4 Å². The molecule has 134 valence electrons. The molecule has 8 nitrogen and oxygen atoms in total. The highest BCUT2D eigenvalue weighted by Crippen LogP contribution is 2.13. The number of rotatable bonds is 7. The van der Waals surface area contributed by atoms with Crippen molar-refractivity contribution in [1.82, 2.24) is 5.43 Å². The lowest BCUT2D eigenvalue weighted by molar-refractivity contribution is -0.384. The number of hydrogen-bond donors (Lipinski definition) is 2. The van der Waals surface area contributed by atoms with Gasteiger partial charge in [-0.3, -0.25) is 19.7 Å². The van der Waals surface area contributed by atoms with Crippen LogP contribution in [0.15, 0.2) is 53.6 Å². The molecule has 2 aromatic rings. The second-order valence-corrected chi connectivity index (χ2v) is 5.63. The minimum Gasteiger partial charge on any atom is -0.326 e. The van der Waals surface area contributed by atoms with Gasteiger partial charge in [0.25, 0.3) is 5.69 Å². The molecule has 2 N–H and O–H groups in total. The van der Waals surface area contributed by atoms with Crippen molar-refractivity contribution >= 4 is 41.0 Å². The summed E-state index contributed by atoms with van der Waals surface area (Å²) < 4.78 is 0. The van der Waals surface area contributed by atoms with Gasteiger partial charge in [0.2, 0.25) is 11.8 Å². The van der Waals surface area contributed by atoms with Crippen molar-refractivity contribution in [3.05, 3.63) is 69.2 Å². The van der Waals surface area contributed by atoms with Crippen LogP contribution in [0.25, 0.3) is 0 Å². The smallest absolute Gasteiger partial charge is 0.269 e. The number of hydrazone groups is 1. The van der Waals surface area contributed by atoms with Crippen LogP contribution in [-0.4, -0.2) is 23.0 Å². The Labute approximate surface area is 154 Å². The summed E-state index contributed by atoms with van der Waals surface area (Å²) in [5.41, 5.74) is 3.45. The van der Waals surface area contributed by atoms with Gasteiger partial charge in [-0.1, -0.05) is 11.6 Å². The van der Waals surface area contributed by atoms with Crippen molar-refractivity contribution in [3.63, 3.8) is 0 Å². The zero-order chi connectivity index (χ0) is 18.9. The molecule has 26 heavy (non-hydrogen) atoms. The first-order valence-electron chi connectivity index (χ1n) is 7.56. The molecule has 0 radical (unpaired) electrons. The molecule has 9 heteroatoms. The Kier molecular flexibility index (Phi) is 6.81. The first-order valence-corrected chi connectivity index (χ1v) is 7.93. The topological polar surface area (TPSA) is 114 Å². The van der Waals surface area contributed by atoms with Gasteiger partial charge in [-0.2, -0.15) is 5.10 Å². The lowest BCUT2D eigenvalue weighted by Gasteiger charge is -2.04. The number of nitrogens with one attached hydrogen (secondary N) is 2. The highest BCUT2D eigenvalue weighted by Gasteiger charge is 2.07. The largest absolute Gasteiger partial charge is 0.326 e. The average molecular weight is 375 g/mol. The van der Waals surface area contributed by atoms with E-state index in [0.717, 1.165) is 0 Å². The third-order valence-electron chi connectivity index (χ3n) is 3.21. The summed E-state index contributed by atoms with van der Waals surface area (Å²) in [6.07, 6.45) is 1.33. The molecule has 0 fully saturated rings. The van der Waals surface area contributed by atoms with Crippen LogP contribution in [0.2, 0.25) is 5.02 Å². The molecule has 0 bridgehead atoms. The van der Waals surface area contributed by atoms with Crippen LogP contribution in [0, 0.1) is 10.1 Å². The van der Waals surface area contributed by atoms with Crippen LogP contribution in [0.5, 0.6) is 0 Å². The van der Waals surface area contributed by atoms with Gasteiger partial charge in [0.1, 0.15) is 0 Å². The normalized spacial score (nSPS) is 10.5. The van der Waals surface area contributed by atoms with E-state index in [4.69, 9.17) is 11.6 Å². The molecule has 0 spiro atoms. The molecular weight excluding hydrogens is 360 g/mol. The van der Waals surface area contributed by atoms with E-state index >= 15 is 0 Å². The number of halogens is 1. The van der Waals surface area contributed by atoms with Gasteiger partial charge in [-0.15, -0.1) is 0 Å². The van der Waals surface area contributed by atoms with Gasteiger partial charge >= 0.3 is 0 Å². The monoisotopic (exact) mass is 374 g/mol. The number of nitro groups is 1. The molecule has 0 saturated heterocycles. The maximum absolute atomic E-state index is 11.8. The molecule has 0 aromatic heterocycles. The molecule has 0 heterocycles. The third-order valence-corrected chi connectivity index (χ3v) is 3.47. The molecule has 2 rings (SSSR count). The number of carbonyl (C=O) groups is 2. The molecule has 0 atom stereocenters. The van der Waals surface area contributed by atoms with Crippen LogP contribution in [-0.2, 0) is 9.59 Å². The van der Waals surface area contributed by atoms with Crippen molar-refractivity contribution in [2.24, 2.45) is 5.10 Å². The molecule has 0 unspecified atom stereocenters. The summed E-state index contributed by atoms with van der Waals surface area (Å²) in [5, 5.41) is 17.5. The minimum absolute atomic E-state index is 0.00150. The molecular formula is C17H15ClN4O4. The number of amides is 2. The molecule has 0 aliphatic rings. The number of nitrogens with zero attached hydrogens (tertiary/aromatic N) is 2. The van der Waals surface area contributed by atoms with Gasteiger partial charge in [0.05, 0.1) is 11.1 Å². The summed E-state index contributed by atoms with van der Waals surface area (Å²) in [7, 11) is 0. The highest BCUT2D eigenvalue weighted by molar-refractivity contribution is 6.30. The van der Waals surface area contributed by atoms with Crippen LogP contribution < -0.4 is 10.7 Å². The van der Waals surface area contributed by atoms with E-state index in [0.29, 0.717) is 16.3 Å². The van der Waals surface area contributed by atoms with Gasteiger partial charge in [0.15, 0.2) is 0 Å². The fraction of sp³-hybridized carbons (Fsp3) is 0.118. The standard InChI is InChI=1S/C17H15ClN4O4/c18-13-3-5-14(6-4-13)20-16(23)9-10-17(24)21-19-11-12-1-7-15(8-2-12)22(25)26/h1-8,11H,9-10H2,(H,20,23)(H,21,24)/b19-11+. The van der Waals surface area contributed by atoms with E-state index in [1.807, 2.05) is 0 Å². The van der Waals surface area contributed by atoms with E-state index in [9.17, 15) is 19.7 Å². The third kappa shape index (κ3) is 6.33. The van der Waals surface area contributed by atoms with Crippen molar-refractivity contribution in [3.8, 4) is 0 Å². The Hall–Kier alpha value is -3.26. The minimum atomic E-state index is -0.502. The summed E-state index contributed by atoms with van der Waals surface area (Å²) >= 11 is 5.76. The van der Waals surface area contributed by atoms with E-state index in [2.05, 4.69) is 15.8 Å².